The summed E-state index contributed by atoms with van der Waals surface area (Å²) in [6, 6.07) is 8.10. The normalized spacial score (nSPS) is 20.3. The number of amides is 1. The summed E-state index contributed by atoms with van der Waals surface area (Å²) in [7, 11) is 3.77. The van der Waals surface area contributed by atoms with Crippen molar-refractivity contribution in [2.45, 2.75) is 17.2 Å². The van der Waals surface area contributed by atoms with Gasteiger partial charge in [-0.3, -0.25) is 9.48 Å². The highest BCUT2D eigenvalue weighted by molar-refractivity contribution is 7.98. The number of aryl methyl sites for hydroxylation is 1. The Morgan fingerprint density at radius 2 is 2.29 bits per heavy atom. The summed E-state index contributed by atoms with van der Waals surface area (Å²) >= 11 is 1.69. The van der Waals surface area contributed by atoms with Gasteiger partial charge in [-0.25, -0.2) is 0 Å². The third-order valence-corrected chi connectivity index (χ3v) is 4.76. The monoisotopic (exact) mass is 301 g/mol. The molecule has 0 saturated heterocycles. The van der Waals surface area contributed by atoms with E-state index in [0.717, 1.165) is 12.1 Å². The van der Waals surface area contributed by atoms with Crippen molar-refractivity contribution in [1.29, 1.82) is 0 Å². The second-order valence-electron chi connectivity index (χ2n) is 5.49. The topological polar surface area (TPSA) is 38.1 Å². The van der Waals surface area contributed by atoms with Crippen LogP contribution < -0.4 is 4.90 Å². The third-order valence-electron chi connectivity index (χ3n) is 4.03. The van der Waals surface area contributed by atoms with E-state index in [9.17, 15) is 4.79 Å². The molecule has 1 aliphatic rings. The Labute approximate surface area is 129 Å². The van der Waals surface area contributed by atoms with Crippen LogP contribution in [0.4, 0.5) is 5.69 Å². The molecule has 0 aliphatic heterocycles. The Balaban J connectivity index is 1.71. The number of rotatable bonds is 4. The van der Waals surface area contributed by atoms with Crippen LogP contribution in [0.5, 0.6) is 0 Å². The van der Waals surface area contributed by atoms with Gasteiger partial charge < -0.3 is 4.90 Å². The van der Waals surface area contributed by atoms with Crippen molar-refractivity contribution in [2.75, 3.05) is 18.2 Å². The molecule has 0 unspecified atom stereocenters. The van der Waals surface area contributed by atoms with Gasteiger partial charge in [0.25, 0.3) is 0 Å². The number of anilines is 1. The Morgan fingerprint density at radius 1 is 1.48 bits per heavy atom. The lowest BCUT2D eigenvalue weighted by Gasteiger charge is -2.18. The third kappa shape index (κ3) is 2.83. The SMILES string of the molecule is CSc1cccc(N(C)C(=O)[C@H]2C[C@@H]2c2cnn(C)c2)c1. The molecule has 0 bridgehead atoms. The number of benzene rings is 1. The maximum absolute atomic E-state index is 12.6. The average Bonchev–Trinajstić information content (AvgIpc) is 3.20. The van der Waals surface area contributed by atoms with Crippen LogP contribution in [-0.2, 0) is 11.8 Å². The molecular weight excluding hydrogens is 282 g/mol. The first kappa shape index (κ1) is 14.2. The summed E-state index contributed by atoms with van der Waals surface area (Å²) in [5.41, 5.74) is 2.13. The predicted octanol–water partition coefficient (Wildman–Crippen LogP) is 2.91. The number of thioether (sulfide) groups is 1. The highest BCUT2D eigenvalue weighted by Crippen LogP contribution is 2.48. The van der Waals surface area contributed by atoms with Crippen LogP contribution in [-0.4, -0.2) is 29.0 Å². The van der Waals surface area contributed by atoms with Crippen LogP contribution in [0.15, 0.2) is 41.6 Å². The van der Waals surface area contributed by atoms with Crippen molar-refractivity contribution in [1.82, 2.24) is 9.78 Å². The van der Waals surface area contributed by atoms with Crippen LogP contribution in [0, 0.1) is 5.92 Å². The average molecular weight is 301 g/mol. The molecular formula is C16H19N3OS. The number of aromatic nitrogens is 2. The Morgan fingerprint density at radius 3 is 2.95 bits per heavy atom. The first-order valence-electron chi connectivity index (χ1n) is 7.00. The van der Waals surface area contributed by atoms with E-state index in [-0.39, 0.29) is 11.8 Å². The van der Waals surface area contributed by atoms with Crippen molar-refractivity contribution >= 4 is 23.4 Å². The fraction of sp³-hybridized carbons (Fsp3) is 0.375. The van der Waals surface area contributed by atoms with E-state index in [0.29, 0.717) is 5.92 Å². The molecule has 1 fully saturated rings. The minimum atomic E-state index is 0.0946. The van der Waals surface area contributed by atoms with Crippen LogP contribution in [0.3, 0.4) is 0 Å². The quantitative estimate of drug-likeness (QED) is 0.815. The van der Waals surface area contributed by atoms with Gasteiger partial charge in [-0.2, -0.15) is 5.10 Å². The number of carbonyl (C=O) groups excluding carboxylic acids is 1. The van der Waals surface area contributed by atoms with Crippen molar-refractivity contribution in [3.05, 3.63) is 42.2 Å². The molecule has 1 saturated carbocycles. The zero-order valence-electron chi connectivity index (χ0n) is 12.5. The van der Waals surface area contributed by atoms with Crippen LogP contribution in [0.25, 0.3) is 0 Å². The van der Waals surface area contributed by atoms with Gasteiger partial charge in [-0.1, -0.05) is 6.07 Å². The highest BCUT2D eigenvalue weighted by Gasteiger charge is 2.46. The lowest BCUT2D eigenvalue weighted by Crippen LogP contribution is -2.28. The molecule has 2 atom stereocenters. The molecule has 3 rings (SSSR count). The summed E-state index contributed by atoms with van der Waals surface area (Å²) in [4.78, 5) is 15.5. The molecule has 5 heteroatoms. The van der Waals surface area contributed by atoms with E-state index < -0.39 is 0 Å². The summed E-state index contributed by atoms with van der Waals surface area (Å²) < 4.78 is 1.79. The second kappa shape index (κ2) is 5.56. The Bertz CT molecular complexity index is 667. The van der Waals surface area contributed by atoms with Crippen molar-refractivity contribution in [3.63, 3.8) is 0 Å². The molecule has 4 nitrogen and oxygen atoms in total. The van der Waals surface area contributed by atoms with Crippen LogP contribution in [0.1, 0.15) is 17.9 Å². The maximum Gasteiger partial charge on any atom is 0.230 e. The van der Waals surface area contributed by atoms with E-state index in [2.05, 4.69) is 17.2 Å². The van der Waals surface area contributed by atoms with Gasteiger partial charge in [0.05, 0.1) is 6.20 Å². The van der Waals surface area contributed by atoms with E-state index in [1.807, 2.05) is 44.9 Å². The molecule has 0 spiro atoms. The Hall–Kier alpha value is -1.75. The molecule has 1 aromatic carbocycles. The summed E-state index contributed by atoms with van der Waals surface area (Å²) in [5, 5.41) is 4.19. The van der Waals surface area contributed by atoms with Gasteiger partial charge in [0.1, 0.15) is 0 Å². The standard InChI is InChI=1S/C16H19N3OS/c1-18-10-11(9-17-18)14-8-15(14)16(20)19(2)12-5-4-6-13(7-12)21-3/h4-7,9-10,14-15H,8H2,1-3H3/t14-,15+/m1/s1. The number of hydrogen-bond acceptors (Lipinski definition) is 3. The van der Waals surface area contributed by atoms with Crippen molar-refractivity contribution in [2.24, 2.45) is 13.0 Å². The first-order chi connectivity index (χ1) is 10.1. The second-order valence-corrected chi connectivity index (χ2v) is 6.37. The van der Waals surface area contributed by atoms with E-state index >= 15 is 0 Å². The summed E-state index contributed by atoms with van der Waals surface area (Å²) in [5.74, 6) is 0.622. The number of carbonyl (C=O) groups is 1. The van der Waals surface area contributed by atoms with Crippen LogP contribution >= 0.6 is 11.8 Å². The minimum absolute atomic E-state index is 0.0946. The van der Waals surface area contributed by atoms with E-state index in [1.54, 1.807) is 21.3 Å². The largest absolute Gasteiger partial charge is 0.315 e. The molecule has 21 heavy (non-hydrogen) atoms. The van der Waals surface area contributed by atoms with Gasteiger partial charge in [0, 0.05) is 36.8 Å². The fourth-order valence-corrected chi connectivity index (χ4v) is 3.12. The molecule has 1 heterocycles. The minimum Gasteiger partial charge on any atom is -0.315 e. The predicted molar refractivity (Wildman–Crippen MR) is 85.7 cm³/mol. The van der Waals surface area contributed by atoms with Crippen LogP contribution in [0.2, 0.25) is 0 Å². The lowest BCUT2D eigenvalue weighted by atomic mass is 10.2. The summed E-state index contributed by atoms with van der Waals surface area (Å²) in [6.45, 7) is 0. The van der Waals surface area contributed by atoms with Gasteiger partial charge in [-0.15, -0.1) is 11.8 Å². The molecule has 0 radical (unpaired) electrons. The van der Waals surface area contributed by atoms with Gasteiger partial charge in [0.15, 0.2) is 0 Å². The van der Waals surface area contributed by atoms with E-state index in [4.69, 9.17) is 0 Å². The van der Waals surface area contributed by atoms with E-state index in [1.165, 1.54) is 10.5 Å². The van der Waals surface area contributed by atoms with Crippen molar-refractivity contribution in [3.8, 4) is 0 Å². The van der Waals surface area contributed by atoms with Gasteiger partial charge in [0.2, 0.25) is 5.91 Å². The molecule has 110 valence electrons. The lowest BCUT2D eigenvalue weighted by molar-refractivity contribution is -0.119. The molecule has 1 aromatic heterocycles. The number of nitrogens with zero attached hydrogens (tertiary/aromatic N) is 3. The first-order valence-corrected chi connectivity index (χ1v) is 8.23. The molecule has 1 aliphatic carbocycles. The van der Waals surface area contributed by atoms with Gasteiger partial charge >= 0.3 is 0 Å². The molecule has 1 amide bonds. The molecule has 0 N–H and O–H groups in total. The molecule has 2 aromatic rings. The van der Waals surface area contributed by atoms with Crippen molar-refractivity contribution < 1.29 is 4.79 Å². The Kier molecular flexibility index (Phi) is 3.76. The maximum atomic E-state index is 12.6. The fourth-order valence-electron chi connectivity index (χ4n) is 2.66. The van der Waals surface area contributed by atoms with Gasteiger partial charge in [-0.05, 0) is 42.4 Å². The highest BCUT2D eigenvalue weighted by atomic mass is 32.2. The smallest absolute Gasteiger partial charge is 0.230 e. The zero-order valence-corrected chi connectivity index (χ0v) is 13.3. The summed E-state index contributed by atoms with van der Waals surface area (Å²) in [6.07, 6.45) is 6.84. The zero-order chi connectivity index (χ0) is 15.0. The number of hydrogen-bond donors (Lipinski definition) is 0.